The van der Waals surface area contributed by atoms with E-state index in [4.69, 9.17) is 4.42 Å². The fourth-order valence-corrected chi connectivity index (χ4v) is 5.71. The highest BCUT2D eigenvalue weighted by atomic mass is 32.2. The number of benzene rings is 1. The van der Waals surface area contributed by atoms with E-state index in [9.17, 15) is 13.2 Å². The van der Waals surface area contributed by atoms with Gasteiger partial charge in [-0.1, -0.05) is 30.3 Å². The molecule has 1 aliphatic rings. The Morgan fingerprint density at radius 2 is 1.85 bits per heavy atom. The van der Waals surface area contributed by atoms with Gasteiger partial charge in [0.2, 0.25) is 5.91 Å². The van der Waals surface area contributed by atoms with Crippen molar-refractivity contribution in [3.05, 3.63) is 60.1 Å². The Bertz CT molecular complexity index is 795. The van der Waals surface area contributed by atoms with Crippen molar-refractivity contribution in [1.29, 1.82) is 0 Å². The van der Waals surface area contributed by atoms with Crippen molar-refractivity contribution in [3.8, 4) is 0 Å². The van der Waals surface area contributed by atoms with Gasteiger partial charge in [-0.3, -0.25) is 4.79 Å². The van der Waals surface area contributed by atoms with E-state index >= 15 is 0 Å². The average Bonchev–Trinajstić information content (AvgIpc) is 3.15. The van der Waals surface area contributed by atoms with Crippen LogP contribution >= 0.6 is 11.8 Å². The molecule has 5 nitrogen and oxygen atoms in total. The Kier molecular flexibility index (Phi) is 6.43. The summed E-state index contributed by atoms with van der Waals surface area (Å²) < 4.78 is 30.1. The van der Waals surface area contributed by atoms with Gasteiger partial charge < -0.3 is 9.32 Å². The number of thioether (sulfide) groups is 1. The van der Waals surface area contributed by atoms with Crippen molar-refractivity contribution in [2.24, 2.45) is 0 Å². The normalized spacial score (nSPS) is 15.9. The summed E-state index contributed by atoms with van der Waals surface area (Å²) in [6.07, 6.45) is 2.48. The molecule has 0 spiro atoms. The Balaban J connectivity index is 1.43. The van der Waals surface area contributed by atoms with Gasteiger partial charge in [-0.2, -0.15) is 0 Å². The first-order chi connectivity index (χ1) is 12.5. The lowest BCUT2D eigenvalue weighted by molar-refractivity contribution is -0.129. The molecule has 1 saturated heterocycles. The van der Waals surface area contributed by atoms with Gasteiger partial charge in [0.25, 0.3) is 0 Å². The number of likely N-dealkylation sites (tertiary alicyclic amines) is 1. The molecule has 26 heavy (non-hydrogen) atoms. The fraction of sp³-hybridized carbons (Fsp3) is 0.421. The molecular weight excluding hydrogens is 370 g/mol. The smallest absolute Gasteiger partial charge is 0.232 e. The minimum atomic E-state index is -3.25. The Hall–Kier alpha value is -1.73. The van der Waals surface area contributed by atoms with Crippen LogP contribution in [0.15, 0.2) is 53.1 Å². The third kappa shape index (κ3) is 5.14. The molecule has 0 aliphatic carbocycles. The van der Waals surface area contributed by atoms with Gasteiger partial charge in [-0.25, -0.2) is 8.42 Å². The van der Waals surface area contributed by atoms with Crippen LogP contribution in [-0.4, -0.2) is 43.3 Å². The summed E-state index contributed by atoms with van der Waals surface area (Å²) in [6.45, 7) is 1.01. The molecule has 1 amide bonds. The van der Waals surface area contributed by atoms with Gasteiger partial charge in [-0.15, -0.1) is 11.8 Å². The lowest BCUT2D eigenvalue weighted by Crippen LogP contribution is -2.43. The number of carbonyl (C=O) groups excluding carboxylic acids is 1. The van der Waals surface area contributed by atoms with Crippen LogP contribution in [-0.2, 0) is 26.1 Å². The maximum atomic E-state index is 12.5. The molecule has 7 heteroatoms. The standard InChI is InChI=1S/C19H23NO4S2/c21-19(14-25-13-16-5-2-1-3-6-16)20-10-8-18(9-11-20)26(22,23)15-17-7-4-12-24-17/h1-7,12,18H,8-11,13-15H2. The zero-order valence-corrected chi connectivity index (χ0v) is 16.2. The molecule has 0 atom stereocenters. The summed E-state index contributed by atoms with van der Waals surface area (Å²) in [5.74, 6) is 1.73. The second-order valence-electron chi connectivity index (χ2n) is 6.45. The number of amides is 1. The van der Waals surface area contributed by atoms with Crippen molar-refractivity contribution < 1.29 is 17.6 Å². The summed E-state index contributed by atoms with van der Waals surface area (Å²) >= 11 is 1.60. The summed E-state index contributed by atoms with van der Waals surface area (Å²) in [6, 6.07) is 13.4. The molecule has 2 aromatic rings. The first-order valence-electron chi connectivity index (χ1n) is 8.68. The van der Waals surface area contributed by atoms with E-state index < -0.39 is 15.1 Å². The highest BCUT2D eigenvalue weighted by molar-refractivity contribution is 7.99. The molecule has 1 fully saturated rings. The molecule has 1 aromatic heterocycles. The predicted octanol–water partition coefficient (Wildman–Crippen LogP) is 3.12. The van der Waals surface area contributed by atoms with Crippen molar-refractivity contribution in [3.63, 3.8) is 0 Å². The minimum absolute atomic E-state index is 0.0639. The van der Waals surface area contributed by atoms with E-state index in [1.54, 1.807) is 28.8 Å². The second kappa shape index (κ2) is 8.77. The maximum Gasteiger partial charge on any atom is 0.232 e. The average molecular weight is 394 g/mol. The number of hydrogen-bond donors (Lipinski definition) is 0. The van der Waals surface area contributed by atoms with Crippen LogP contribution in [0.4, 0.5) is 0 Å². The minimum Gasteiger partial charge on any atom is -0.468 e. The van der Waals surface area contributed by atoms with E-state index in [0.717, 1.165) is 5.75 Å². The second-order valence-corrected chi connectivity index (χ2v) is 9.71. The van der Waals surface area contributed by atoms with E-state index in [0.29, 0.717) is 37.4 Å². The summed E-state index contributed by atoms with van der Waals surface area (Å²) in [4.78, 5) is 14.1. The number of sulfone groups is 1. The topological polar surface area (TPSA) is 67.6 Å². The highest BCUT2D eigenvalue weighted by Gasteiger charge is 2.32. The third-order valence-electron chi connectivity index (χ3n) is 4.56. The van der Waals surface area contributed by atoms with E-state index in [2.05, 4.69) is 0 Å². The van der Waals surface area contributed by atoms with Crippen LogP contribution in [0.3, 0.4) is 0 Å². The summed E-state index contributed by atoms with van der Waals surface area (Å²) in [7, 11) is -3.25. The van der Waals surface area contributed by atoms with E-state index in [-0.39, 0.29) is 11.7 Å². The van der Waals surface area contributed by atoms with Crippen molar-refractivity contribution in [1.82, 2.24) is 4.90 Å². The van der Waals surface area contributed by atoms with Crippen LogP contribution in [0.5, 0.6) is 0 Å². The van der Waals surface area contributed by atoms with E-state index in [1.165, 1.54) is 11.8 Å². The van der Waals surface area contributed by atoms with Crippen LogP contribution in [0.2, 0.25) is 0 Å². The number of nitrogens with zero attached hydrogens (tertiary/aromatic N) is 1. The first-order valence-corrected chi connectivity index (χ1v) is 11.5. The Labute approximate surface area is 158 Å². The van der Waals surface area contributed by atoms with Crippen molar-refractivity contribution in [2.45, 2.75) is 29.6 Å². The molecule has 3 rings (SSSR count). The van der Waals surface area contributed by atoms with Gasteiger partial charge in [0.15, 0.2) is 9.84 Å². The van der Waals surface area contributed by atoms with Crippen LogP contribution in [0.25, 0.3) is 0 Å². The highest BCUT2D eigenvalue weighted by Crippen LogP contribution is 2.22. The van der Waals surface area contributed by atoms with Gasteiger partial charge >= 0.3 is 0 Å². The molecular formula is C19H23NO4S2. The van der Waals surface area contributed by atoms with Crippen molar-refractivity contribution in [2.75, 3.05) is 18.8 Å². The van der Waals surface area contributed by atoms with Crippen LogP contribution in [0, 0.1) is 0 Å². The number of piperidine rings is 1. The molecule has 1 aliphatic heterocycles. The zero-order valence-electron chi connectivity index (χ0n) is 14.5. The maximum absolute atomic E-state index is 12.5. The molecule has 0 unspecified atom stereocenters. The largest absolute Gasteiger partial charge is 0.468 e. The first kappa shape index (κ1) is 19.0. The Morgan fingerprint density at radius 3 is 2.50 bits per heavy atom. The van der Waals surface area contributed by atoms with Gasteiger partial charge in [0.05, 0.1) is 17.3 Å². The monoisotopic (exact) mass is 393 g/mol. The molecule has 0 radical (unpaired) electrons. The summed E-state index contributed by atoms with van der Waals surface area (Å²) in [5.41, 5.74) is 1.20. The molecule has 0 bridgehead atoms. The molecule has 0 N–H and O–H groups in total. The number of carbonyl (C=O) groups is 1. The fourth-order valence-electron chi connectivity index (χ4n) is 3.10. The zero-order chi connectivity index (χ0) is 18.4. The lowest BCUT2D eigenvalue weighted by Gasteiger charge is -2.31. The molecule has 140 valence electrons. The van der Waals surface area contributed by atoms with Gasteiger partial charge in [0, 0.05) is 18.8 Å². The Morgan fingerprint density at radius 1 is 1.12 bits per heavy atom. The van der Waals surface area contributed by atoms with Gasteiger partial charge in [0.1, 0.15) is 11.5 Å². The predicted molar refractivity (Wildman–Crippen MR) is 104 cm³/mol. The molecule has 1 aromatic carbocycles. The quantitative estimate of drug-likeness (QED) is 0.723. The molecule has 2 heterocycles. The molecule has 0 saturated carbocycles. The van der Waals surface area contributed by atoms with Gasteiger partial charge in [-0.05, 0) is 30.5 Å². The summed E-state index contributed by atoms with van der Waals surface area (Å²) in [5, 5.41) is -0.395. The number of rotatable bonds is 7. The SMILES string of the molecule is O=C(CSCc1ccccc1)N1CCC(S(=O)(=O)Cc2ccco2)CC1. The van der Waals surface area contributed by atoms with Crippen LogP contribution in [0.1, 0.15) is 24.2 Å². The van der Waals surface area contributed by atoms with E-state index in [1.807, 2.05) is 30.3 Å². The van der Waals surface area contributed by atoms with Crippen LogP contribution < -0.4 is 0 Å². The number of hydrogen-bond acceptors (Lipinski definition) is 5. The number of furan rings is 1. The van der Waals surface area contributed by atoms with Crippen molar-refractivity contribution >= 4 is 27.5 Å². The third-order valence-corrected chi connectivity index (χ3v) is 7.73. The lowest BCUT2D eigenvalue weighted by atomic mass is 10.1.